The van der Waals surface area contributed by atoms with Gasteiger partial charge in [0.05, 0.1) is 66.9 Å². The van der Waals surface area contributed by atoms with Gasteiger partial charge in [0.1, 0.15) is 23.3 Å². The number of benzene rings is 17. The van der Waals surface area contributed by atoms with Gasteiger partial charge in [-0.05, 0) is 180 Å². The van der Waals surface area contributed by atoms with E-state index in [1.165, 1.54) is 0 Å². The monoisotopic (exact) mass is 1400 g/mol. The van der Waals surface area contributed by atoms with Crippen molar-refractivity contribution in [1.29, 1.82) is 10.5 Å². The number of rotatable bonds is 12. The zero-order chi connectivity index (χ0) is 72.9. The SMILES string of the molecule is N#Cc1c(-n2c3ccc(-c4ccccc4)cc3c3cc(-c4ccccc4)ccc32)c(-n2c3ccc(-c4ccccc4)cc3c3cc(-c4ccccc4)ccc32)c(C#N)c(-n2c3ccc(-c4ccccc4)cc3c3c(-c4ccccc4)cccc32)c1-n1c2ccc(-c3ccccc3)cc2c2cc(-c3ccccc3)ccc21. The molecule has 0 aliphatic carbocycles. The van der Waals surface area contributed by atoms with Gasteiger partial charge in [-0.3, -0.25) is 0 Å². The third-order valence-electron chi connectivity index (χ3n) is 22.4. The number of nitrogens with zero attached hydrogens (tertiary/aromatic N) is 6. The molecule has 0 fully saturated rings. The van der Waals surface area contributed by atoms with Crippen LogP contribution in [-0.4, -0.2) is 18.3 Å². The molecule has 0 radical (unpaired) electrons. The van der Waals surface area contributed by atoms with Gasteiger partial charge in [-0.2, -0.15) is 10.5 Å². The first-order valence-corrected chi connectivity index (χ1v) is 37.3. The summed E-state index contributed by atoms with van der Waals surface area (Å²) in [4.78, 5) is 0. The van der Waals surface area contributed by atoms with Crippen LogP contribution in [0.3, 0.4) is 0 Å². The van der Waals surface area contributed by atoms with Crippen LogP contribution in [0, 0.1) is 22.7 Å². The Labute approximate surface area is 635 Å². The summed E-state index contributed by atoms with van der Waals surface area (Å²) in [5, 5.41) is 35.4. The molecule has 0 bridgehead atoms. The van der Waals surface area contributed by atoms with Crippen LogP contribution in [0.4, 0.5) is 0 Å². The van der Waals surface area contributed by atoms with Crippen molar-refractivity contribution >= 4 is 87.2 Å². The molecule has 4 aromatic heterocycles. The predicted octanol–water partition coefficient (Wildman–Crippen LogP) is 27.2. The maximum absolute atomic E-state index is 13.7. The lowest BCUT2D eigenvalue weighted by molar-refractivity contribution is 1.02. The van der Waals surface area contributed by atoms with E-state index in [1.807, 2.05) is 0 Å². The molecule has 0 saturated carbocycles. The Bertz CT molecular complexity index is 7060. The molecule has 110 heavy (non-hydrogen) atoms. The van der Waals surface area contributed by atoms with E-state index in [-0.39, 0.29) is 0 Å². The summed E-state index contributed by atoms with van der Waals surface area (Å²) in [5.41, 5.74) is 26.8. The fraction of sp³-hybridized carbons (Fsp3) is 0. The molecule has 0 spiro atoms. The highest BCUT2D eigenvalue weighted by atomic mass is 15.1. The number of fused-ring (bicyclic) bond motifs is 12. The first kappa shape index (κ1) is 63.4. The molecular formula is C104H64N6. The number of nitriles is 2. The Kier molecular flexibility index (Phi) is 14.9. The van der Waals surface area contributed by atoms with Gasteiger partial charge < -0.3 is 18.3 Å². The molecule has 0 atom stereocenters. The number of aromatic nitrogens is 4. The Morgan fingerprint density at radius 2 is 0.364 bits per heavy atom. The quantitative estimate of drug-likeness (QED) is 0.122. The lowest BCUT2D eigenvalue weighted by Crippen LogP contribution is -2.16. The molecule has 510 valence electrons. The molecule has 0 aliphatic heterocycles. The Morgan fingerprint density at radius 3 is 0.591 bits per heavy atom. The zero-order valence-corrected chi connectivity index (χ0v) is 59.6. The minimum atomic E-state index is 0.358. The van der Waals surface area contributed by atoms with Crippen LogP contribution < -0.4 is 0 Å². The summed E-state index contributed by atoms with van der Waals surface area (Å²) in [6, 6.07) is 145. The molecule has 0 saturated heterocycles. The second-order valence-corrected chi connectivity index (χ2v) is 28.5. The number of hydrogen-bond acceptors (Lipinski definition) is 2. The minimum Gasteiger partial charge on any atom is -0.306 e. The van der Waals surface area contributed by atoms with E-state index in [0.717, 1.165) is 176 Å². The van der Waals surface area contributed by atoms with Crippen LogP contribution in [0.2, 0.25) is 0 Å². The van der Waals surface area contributed by atoms with E-state index in [2.05, 4.69) is 419 Å². The van der Waals surface area contributed by atoms with E-state index in [1.54, 1.807) is 0 Å². The van der Waals surface area contributed by atoms with E-state index < -0.39 is 0 Å². The molecule has 21 rings (SSSR count). The zero-order valence-electron chi connectivity index (χ0n) is 59.6. The molecule has 0 aliphatic rings. The lowest BCUT2D eigenvalue weighted by Gasteiger charge is -2.27. The minimum absolute atomic E-state index is 0.358. The summed E-state index contributed by atoms with van der Waals surface area (Å²) in [6.45, 7) is 0. The summed E-state index contributed by atoms with van der Waals surface area (Å²) in [5.74, 6) is 0. The molecule has 0 N–H and O–H groups in total. The summed E-state index contributed by atoms with van der Waals surface area (Å²) >= 11 is 0. The first-order chi connectivity index (χ1) is 54.5. The van der Waals surface area contributed by atoms with Crippen molar-refractivity contribution in [2.75, 3.05) is 0 Å². The van der Waals surface area contributed by atoms with Gasteiger partial charge in [0.2, 0.25) is 0 Å². The molecule has 0 amide bonds. The topological polar surface area (TPSA) is 67.3 Å². The average molecular weight is 1400 g/mol. The number of hydrogen-bond donors (Lipinski definition) is 0. The van der Waals surface area contributed by atoms with Crippen LogP contribution in [0.15, 0.2) is 388 Å². The molecule has 4 heterocycles. The highest BCUT2D eigenvalue weighted by molar-refractivity contribution is 6.20. The van der Waals surface area contributed by atoms with Crippen LogP contribution in [0.25, 0.3) is 199 Å². The predicted molar refractivity (Wildman–Crippen MR) is 457 cm³/mol. The highest BCUT2D eigenvalue weighted by Crippen LogP contribution is 2.52. The molecule has 21 aromatic rings. The van der Waals surface area contributed by atoms with E-state index in [0.29, 0.717) is 33.9 Å². The normalized spacial score (nSPS) is 11.6. The smallest absolute Gasteiger partial charge is 0.104 e. The standard InChI is InChI=1S/C104H64N6/c105-65-90-101(107-92-51-44-75(67-26-9-1-10-27-67)58-83(92)84-59-76(45-52-93(84)107)68-28-11-2-12-29-68)102(108-94-53-46-77(69-30-13-3-14-31-69)60-85(94)86-61-78(47-54-95(86)108)70-32-15-4-16-33-70)91(66-106)104(110-98-57-50-81(73-38-21-7-22-39-73)64-89(98)100-82(42-25-43-99(100)110)74-40-23-8-24-41-74)103(90)109-96-55-48-79(71-34-17-5-18-35-71)62-87(96)88-63-80(49-56-97(88)109)72-36-19-6-20-37-72/h1-64H. The van der Waals surface area contributed by atoms with Gasteiger partial charge in [-0.15, -0.1) is 0 Å². The third-order valence-corrected chi connectivity index (χ3v) is 22.4. The second kappa shape index (κ2) is 25.9. The lowest BCUT2D eigenvalue weighted by atomic mass is 9.97. The van der Waals surface area contributed by atoms with Gasteiger partial charge in [0.15, 0.2) is 0 Å². The maximum Gasteiger partial charge on any atom is 0.104 e. The maximum atomic E-state index is 13.7. The van der Waals surface area contributed by atoms with Crippen molar-refractivity contribution in [2.24, 2.45) is 0 Å². The van der Waals surface area contributed by atoms with E-state index >= 15 is 0 Å². The largest absolute Gasteiger partial charge is 0.306 e. The first-order valence-electron chi connectivity index (χ1n) is 37.3. The molecular weight excluding hydrogens is 1330 g/mol. The van der Waals surface area contributed by atoms with E-state index in [4.69, 9.17) is 0 Å². The van der Waals surface area contributed by atoms with Crippen molar-refractivity contribution in [3.8, 4) is 124 Å². The average Bonchev–Trinajstić information content (AvgIpc) is 1.49. The van der Waals surface area contributed by atoms with Crippen molar-refractivity contribution in [3.05, 3.63) is 399 Å². The van der Waals surface area contributed by atoms with Crippen molar-refractivity contribution < 1.29 is 0 Å². The van der Waals surface area contributed by atoms with Crippen molar-refractivity contribution in [3.63, 3.8) is 0 Å². The summed E-state index contributed by atoms with van der Waals surface area (Å²) in [6.07, 6.45) is 0. The van der Waals surface area contributed by atoms with Crippen LogP contribution in [-0.2, 0) is 0 Å². The summed E-state index contributed by atoms with van der Waals surface area (Å²) < 4.78 is 9.31. The fourth-order valence-electron chi connectivity index (χ4n) is 17.4. The molecule has 17 aromatic carbocycles. The van der Waals surface area contributed by atoms with Crippen LogP contribution >= 0.6 is 0 Å². The fourth-order valence-corrected chi connectivity index (χ4v) is 17.4. The van der Waals surface area contributed by atoms with Gasteiger partial charge in [-0.25, -0.2) is 0 Å². The van der Waals surface area contributed by atoms with Gasteiger partial charge in [0.25, 0.3) is 0 Å². The summed E-state index contributed by atoms with van der Waals surface area (Å²) in [7, 11) is 0. The van der Waals surface area contributed by atoms with Gasteiger partial charge in [0, 0.05) is 43.1 Å². The third kappa shape index (κ3) is 10.2. The van der Waals surface area contributed by atoms with Gasteiger partial charge >= 0.3 is 0 Å². The Hall–Kier alpha value is -15.1. The highest BCUT2D eigenvalue weighted by Gasteiger charge is 2.36. The molecule has 6 nitrogen and oxygen atoms in total. The van der Waals surface area contributed by atoms with Gasteiger partial charge in [-0.1, -0.05) is 297 Å². The Morgan fingerprint density at radius 1 is 0.164 bits per heavy atom. The van der Waals surface area contributed by atoms with Crippen LogP contribution in [0.5, 0.6) is 0 Å². The van der Waals surface area contributed by atoms with Crippen molar-refractivity contribution in [1.82, 2.24) is 18.3 Å². The van der Waals surface area contributed by atoms with Crippen molar-refractivity contribution in [2.45, 2.75) is 0 Å². The Balaban J connectivity index is 1.01. The van der Waals surface area contributed by atoms with Crippen LogP contribution in [0.1, 0.15) is 11.1 Å². The molecule has 0 unspecified atom stereocenters. The molecule has 6 heteroatoms. The van der Waals surface area contributed by atoms with E-state index in [9.17, 15) is 10.5 Å². The second-order valence-electron chi connectivity index (χ2n) is 28.5.